The van der Waals surface area contributed by atoms with Gasteiger partial charge in [-0.25, -0.2) is 0 Å². The number of aryl methyl sites for hydroxylation is 2. The predicted molar refractivity (Wildman–Crippen MR) is 120 cm³/mol. The third-order valence-corrected chi connectivity index (χ3v) is 5.73. The minimum atomic E-state index is -0.752. The molecule has 164 valence electrons. The number of hydrogen-bond acceptors (Lipinski definition) is 5. The van der Waals surface area contributed by atoms with E-state index in [4.69, 9.17) is 9.15 Å². The molecular weight excluding hydrogens is 406 g/mol. The summed E-state index contributed by atoms with van der Waals surface area (Å²) in [4.78, 5) is 27.6. The lowest BCUT2D eigenvalue weighted by Crippen LogP contribution is -2.29. The molecule has 1 unspecified atom stereocenters. The number of aliphatic hydroxyl groups is 1. The van der Waals surface area contributed by atoms with Gasteiger partial charge in [-0.05, 0) is 67.8 Å². The molecule has 4 rings (SSSR count). The number of rotatable bonds is 6. The second kappa shape index (κ2) is 8.75. The van der Waals surface area contributed by atoms with Crippen molar-refractivity contribution in [2.45, 2.75) is 33.4 Å². The Hall–Kier alpha value is -3.80. The molecule has 6 nitrogen and oxygen atoms in total. The zero-order valence-corrected chi connectivity index (χ0v) is 18.3. The molecule has 0 saturated carbocycles. The van der Waals surface area contributed by atoms with E-state index in [9.17, 15) is 14.7 Å². The van der Waals surface area contributed by atoms with Gasteiger partial charge in [0.15, 0.2) is 0 Å². The molecule has 1 fully saturated rings. The number of carbonyl (C=O) groups excluding carboxylic acids is 2. The summed E-state index contributed by atoms with van der Waals surface area (Å²) in [6, 6.07) is 15.4. The van der Waals surface area contributed by atoms with E-state index in [2.05, 4.69) is 0 Å². The van der Waals surface area contributed by atoms with Crippen LogP contribution in [-0.2, 0) is 16.1 Å². The van der Waals surface area contributed by atoms with Crippen molar-refractivity contribution in [3.05, 3.63) is 94.4 Å². The average molecular weight is 431 g/mol. The smallest absolute Gasteiger partial charge is 0.296 e. The van der Waals surface area contributed by atoms with Crippen molar-refractivity contribution in [1.82, 2.24) is 4.90 Å². The summed E-state index contributed by atoms with van der Waals surface area (Å²) in [6.45, 7) is 6.45. The van der Waals surface area contributed by atoms with E-state index in [0.717, 1.165) is 11.1 Å². The molecule has 0 bridgehead atoms. The van der Waals surface area contributed by atoms with Gasteiger partial charge in [-0.3, -0.25) is 9.59 Å². The molecule has 2 aromatic carbocycles. The molecule has 32 heavy (non-hydrogen) atoms. The molecule has 0 spiro atoms. The molecule has 3 aromatic rings. The molecule has 1 aliphatic heterocycles. The highest BCUT2D eigenvalue weighted by atomic mass is 16.5. The van der Waals surface area contributed by atoms with Gasteiger partial charge < -0.3 is 19.2 Å². The van der Waals surface area contributed by atoms with Crippen LogP contribution in [0.15, 0.2) is 70.9 Å². The van der Waals surface area contributed by atoms with E-state index in [0.29, 0.717) is 29.2 Å². The van der Waals surface area contributed by atoms with Crippen LogP contribution in [0.4, 0.5) is 0 Å². The number of ether oxygens (including phenoxy) is 1. The molecule has 2 heterocycles. The lowest BCUT2D eigenvalue weighted by Gasteiger charge is -2.24. The minimum absolute atomic E-state index is 0.0639. The fourth-order valence-electron chi connectivity index (χ4n) is 3.92. The van der Waals surface area contributed by atoms with Gasteiger partial charge in [0.05, 0.1) is 31.0 Å². The second-order valence-corrected chi connectivity index (χ2v) is 7.81. The van der Waals surface area contributed by atoms with E-state index < -0.39 is 17.7 Å². The van der Waals surface area contributed by atoms with Gasteiger partial charge >= 0.3 is 0 Å². The first-order chi connectivity index (χ1) is 15.4. The maximum Gasteiger partial charge on any atom is 0.296 e. The number of aliphatic hydroxyl groups excluding tert-OH is 1. The monoisotopic (exact) mass is 431 g/mol. The zero-order chi connectivity index (χ0) is 22.8. The Morgan fingerprint density at radius 1 is 1.06 bits per heavy atom. The van der Waals surface area contributed by atoms with E-state index >= 15 is 0 Å². The predicted octanol–water partition coefficient (Wildman–Crippen LogP) is 4.92. The first-order valence-corrected chi connectivity index (χ1v) is 10.5. The number of furan rings is 1. The molecule has 6 heteroatoms. The number of likely N-dealkylation sites (tertiary alicyclic amines) is 1. The van der Waals surface area contributed by atoms with Crippen LogP contribution in [0.3, 0.4) is 0 Å². The van der Waals surface area contributed by atoms with E-state index in [1.54, 1.807) is 30.3 Å². The number of amides is 1. The van der Waals surface area contributed by atoms with Crippen LogP contribution < -0.4 is 4.74 Å². The average Bonchev–Trinajstić information content (AvgIpc) is 3.38. The largest absolute Gasteiger partial charge is 0.507 e. The first kappa shape index (κ1) is 21.4. The second-order valence-electron chi connectivity index (χ2n) is 7.81. The Balaban J connectivity index is 1.84. The Bertz CT molecular complexity index is 1180. The summed E-state index contributed by atoms with van der Waals surface area (Å²) in [5.74, 6) is -0.341. The highest BCUT2D eigenvalue weighted by Crippen LogP contribution is 2.40. The highest BCUT2D eigenvalue weighted by Gasteiger charge is 2.46. The van der Waals surface area contributed by atoms with Gasteiger partial charge in [-0.2, -0.15) is 0 Å². The van der Waals surface area contributed by atoms with Crippen molar-refractivity contribution >= 4 is 17.4 Å². The summed E-state index contributed by atoms with van der Waals surface area (Å²) in [7, 11) is 0. The molecule has 0 aliphatic carbocycles. The molecule has 1 aliphatic rings. The van der Waals surface area contributed by atoms with Crippen molar-refractivity contribution in [3.8, 4) is 5.75 Å². The normalized spacial score (nSPS) is 17.7. The minimum Gasteiger partial charge on any atom is -0.507 e. The summed E-state index contributed by atoms with van der Waals surface area (Å²) < 4.78 is 10.9. The van der Waals surface area contributed by atoms with Crippen LogP contribution in [0.25, 0.3) is 5.76 Å². The molecule has 1 atom stereocenters. The van der Waals surface area contributed by atoms with Crippen molar-refractivity contribution in [3.63, 3.8) is 0 Å². The molecule has 1 aromatic heterocycles. The fraction of sp³-hybridized carbons (Fsp3) is 0.231. The van der Waals surface area contributed by atoms with Crippen LogP contribution in [0.5, 0.6) is 5.75 Å². The molecule has 1 amide bonds. The Labute approximate surface area is 186 Å². The van der Waals surface area contributed by atoms with Crippen LogP contribution in [0, 0.1) is 13.8 Å². The molecule has 1 N–H and O–H groups in total. The van der Waals surface area contributed by atoms with Crippen molar-refractivity contribution < 1.29 is 23.8 Å². The summed E-state index contributed by atoms with van der Waals surface area (Å²) >= 11 is 0. The third-order valence-electron chi connectivity index (χ3n) is 5.73. The number of ketones is 1. The molecular formula is C26H25NO5. The standard InChI is InChI=1S/C26H25NO5/c1-4-31-20-11-9-18(10-12-20)23-22(24(28)19-8-7-16(2)17(3)14-19)25(29)26(30)27(23)15-21-6-5-13-32-21/h5-14,23,28H,4,15H2,1-3H3/b24-22-. The van der Waals surface area contributed by atoms with Crippen molar-refractivity contribution in [2.75, 3.05) is 6.61 Å². The van der Waals surface area contributed by atoms with Gasteiger partial charge in [0.1, 0.15) is 17.3 Å². The summed E-state index contributed by atoms with van der Waals surface area (Å²) in [6.07, 6.45) is 1.52. The lowest BCUT2D eigenvalue weighted by molar-refractivity contribution is -0.140. The Morgan fingerprint density at radius 2 is 1.81 bits per heavy atom. The van der Waals surface area contributed by atoms with Crippen molar-refractivity contribution in [2.24, 2.45) is 0 Å². The van der Waals surface area contributed by atoms with Crippen molar-refractivity contribution in [1.29, 1.82) is 0 Å². The summed E-state index contributed by atoms with van der Waals surface area (Å²) in [5, 5.41) is 11.2. The fourth-order valence-corrected chi connectivity index (χ4v) is 3.92. The highest BCUT2D eigenvalue weighted by molar-refractivity contribution is 6.46. The first-order valence-electron chi connectivity index (χ1n) is 10.5. The van der Waals surface area contributed by atoms with Gasteiger partial charge in [-0.15, -0.1) is 0 Å². The van der Waals surface area contributed by atoms with Crippen LogP contribution in [0.2, 0.25) is 0 Å². The van der Waals surface area contributed by atoms with Crippen LogP contribution in [0.1, 0.15) is 41.0 Å². The lowest BCUT2D eigenvalue weighted by atomic mass is 9.94. The molecule has 1 saturated heterocycles. The topological polar surface area (TPSA) is 80.0 Å². The summed E-state index contributed by atoms with van der Waals surface area (Å²) in [5.41, 5.74) is 3.32. The van der Waals surface area contributed by atoms with E-state index in [-0.39, 0.29) is 17.9 Å². The van der Waals surface area contributed by atoms with E-state index in [1.807, 2.05) is 45.0 Å². The maximum absolute atomic E-state index is 13.1. The number of benzene rings is 2. The van der Waals surface area contributed by atoms with Gasteiger partial charge in [0.25, 0.3) is 11.7 Å². The van der Waals surface area contributed by atoms with Gasteiger partial charge in [0, 0.05) is 5.56 Å². The quantitative estimate of drug-likeness (QED) is 0.341. The van der Waals surface area contributed by atoms with Crippen LogP contribution in [-0.4, -0.2) is 28.3 Å². The van der Waals surface area contributed by atoms with Crippen LogP contribution >= 0.6 is 0 Å². The maximum atomic E-state index is 13.1. The number of carbonyl (C=O) groups is 2. The zero-order valence-electron chi connectivity index (χ0n) is 18.3. The number of hydrogen-bond donors (Lipinski definition) is 1. The Morgan fingerprint density at radius 3 is 2.44 bits per heavy atom. The third kappa shape index (κ3) is 3.91. The Kier molecular flexibility index (Phi) is 5.86. The number of nitrogens with zero attached hydrogens (tertiary/aromatic N) is 1. The SMILES string of the molecule is CCOc1ccc(C2/C(=C(/O)c3ccc(C)c(C)c3)C(=O)C(=O)N2Cc2ccco2)cc1. The van der Waals surface area contributed by atoms with E-state index in [1.165, 1.54) is 11.2 Å². The van der Waals surface area contributed by atoms with Gasteiger partial charge in [0.2, 0.25) is 0 Å². The van der Waals surface area contributed by atoms with Gasteiger partial charge in [-0.1, -0.05) is 24.3 Å². The molecule has 0 radical (unpaired) electrons. The number of Topliss-reactive ketones (excluding diaryl/α,β-unsaturated/α-hetero) is 1.